The normalized spacial score (nSPS) is 23.9. The number of piperidine rings is 2. The minimum absolute atomic E-state index is 0. The molecule has 0 bridgehead atoms. The zero-order chi connectivity index (χ0) is 22.2. The summed E-state index contributed by atoms with van der Waals surface area (Å²) in [6, 6.07) is 9.52. The lowest BCUT2D eigenvalue weighted by molar-refractivity contribution is 0.150. The quantitative estimate of drug-likeness (QED) is 0.299. The zero-order valence-corrected chi connectivity index (χ0v) is 22.9. The Balaban J connectivity index is 0.00000306. The van der Waals surface area contributed by atoms with Gasteiger partial charge in [-0.25, -0.2) is 0 Å². The smallest absolute Gasteiger partial charge is 0.191 e. The third-order valence-electron chi connectivity index (χ3n) is 7.48. The van der Waals surface area contributed by atoms with Crippen LogP contribution in [0.25, 0.3) is 0 Å². The Kier molecular flexibility index (Phi) is 11.2. The number of nitrogens with zero attached hydrogens (tertiary/aromatic N) is 3. The van der Waals surface area contributed by atoms with Crippen LogP contribution in [0.4, 0.5) is 0 Å². The average Bonchev–Trinajstić information content (AvgIpc) is 3.33. The van der Waals surface area contributed by atoms with E-state index in [4.69, 9.17) is 4.74 Å². The van der Waals surface area contributed by atoms with Gasteiger partial charge in [0, 0.05) is 52.4 Å². The van der Waals surface area contributed by atoms with Gasteiger partial charge in [-0.05, 0) is 69.5 Å². The average molecular weight is 570 g/mol. The number of aliphatic imine (C=N–C) groups is 1. The number of hydrogen-bond donors (Lipinski definition) is 2. The third kappa shape index (κ3) is 8.67. The number of likely N-dealkylation sites (tertiary alicyclic amines) is 2. The first kappa shape index (κ1) is 26.7. The molecule has 0 aromatic heterocycles. The number of hydrogen-bond acceptors (Lipinski definition) is 4. The largest absolute Gasteiger partial charge is 0.381 e. The zero-order valence-electron chi connectivity index (χ0n) is 20.6. The minimum Gasteiger partial charge on any atom is -0.381 e. The molecular formula is C26H44IN5O. The van der Waals surface area contributed by atoms with Crippen LogP contribution in [-0.4, -0.2) is 81.3 Å². The van der Waals surface area contributed by atoms with Crippen LogP contribution in [0.5, 0.6) is 0 Å². The maximum atomic E-state index is 5.53. The monoisotopic (exact) mass is 569 g/mol. The predicted octanol–water partition coefficient (Wildman–Crippen LogP) is 3.49. The first-order valence-corrected chi connectivity index (χ1v) is 12.7. The van der Waals surface area contributed by atoms with Crippen LogP contribution in [0.2, 0.25) is 0 Å². The lowest BCUT2D eigenvalue weighted by Gasteiger charge is -2.35. The van der Waals surface area contributed by atoms with Crippen LogP contribution in [0.3, 0.4) is 0 Å². The number of rotatable bonds is 7. The molecule has 3 aliphatic heterocycles. The van der Waals surface area contributed by atoms with Crippen molar-refractivity contribution in [2.75, 3.05) is 59.5 Å². The van der Waals surface area contributed by atoms with Crippen LogP contribution < -0.4 is 10.6 Å². The number of ether oxygens (including phenoxy) is 1. The van der Waals surface area contributed by atoms with E-state index in [2.05, 4.69) is 56.6 Å². The maximum absolute atomic E-state index is 5.53. The number of guanidine groups is 1. The van der Waals surface area contributed by atoms with E-state index >= 15 is 0 Å². The number of nitrogens with one attached hydrogen (secondary N) is 2. The minimum atomic E-state index is 0. The number of halogens is 1. The van der Waals surface area contributed by atoms with Crippen molar-refractivity contribution in [3.8, 4) is 0 Å². The molecule has 1 atom stereocenters. The van der Waals surface area contributed by atoms with Crippen LogP contribution in [0, 0.1) is 18.8 Å². The SMILES string of the molecule is CN=C(NCC1CCN(Cc2ccc(C)cc2)CC1)NC1CCN(CC2CCOC2)CC1.I. The Bertz CT molecular complexity index is 706. The van der Waals surface area contributed by atoms with Gasteiger partial charge >= 0.3 is 0 Å². The van der Waals surface area contributed by atoms with Gasteiger partial charge in [0.2, 0.25) is 0 Å². The molecule has 1 aromatic carbocycles. The predicted molar refractivity (Wildman–Crippen MR) is 147 cm³/mol. The second-order valence-electron chi connectivity index (χ2n) is 10.1. The molecule has 1 aromatic rings. The van der Waals surface area contributed by atoms with Gasteiger partial charge in [-0.15, -0.1) is 24.0 Å². The van der Waals surface area contributed by atoms with E-state index in [1.54, 1.807) is 0 Å². The molecule has 0 radical (unpaired) electrons. The highest BCUT2D eigenvalue weighted by molar-refractivity contribution is 14.0. The Morgan fingerprint density at radius 1 is 0.970 bits per heavy atom. The molecule has 6 nitrogen and oxygen atoms in total. The molecule has 3 fully saturated rings. The number of benzene rings is 1. The second-order valence-corrected chi connectivity index (χ2v) is 10.1. The molecule has 0 spiro atoms. The fourth-order valence-electron chi connectivity index (χ4n) is 5.28. The Hall–Kier alpha value is -0.900. The molecule has 7 heteroatoms. The molecule has 3 aliphatic rings. The summed E-state index contributed by atoms with van der Waals surface area (Å²) in [6.07, 6.45) is 6.16. The molecule has 33 heavy (non-hydrogen) atoms. The Labute approximate surface area is 217 Å². The van der Waals surface area contributed by atoms with Gasteiger partial charge in [0.1, 0.15) is 0 Å². The van der Waals surface area contributed by atoms with Crippen molar-refractivity contribution in [3.05, 3.63) is 35.4 Å². The highest BCUT2D eigenvalue weighted by atomic mass is 127. The molecule has 3 heterocycles. The molecule has 4 rings (SSSR count). The van der Waals surface area contributed by atoms with Gasteiger partial charge < -0.3 is 20.3 Å². The standard InChI is InChI=1S/C26H43N5O.HI/c1-21-3-5-23(6-4-21)18-30-12-7-22(8-13-30)17-28-26(27-2)29-25-9-14-31(15-10-25)19-24-11-16-32-20-24;/h3-6,22,24-25H,7-20H2,1-2H3,(H2,27,28,29);1H. The topological polar surface area (TPSA) is 52.1 Å². The maximum Gasteiger partial charge on any atom is 0.191 e. The van der Waals surface area contributed by atoms with E-state index in [1.165, 1.54) is 76.0 Å². The molecule has 3 saturated heterocycles. The highest BCUT2D eigenvalue weighted by Crippen LogP contribution is 2.19. The van der Waals surface area contributed by atoms with Crippen LogP contribution >= 0.6 is 24.0 Å². The van der Waals surface area contributed by atoms with Gasteiger partial charge in [0.05, 0.1) is 6.61 Å². The third-order valence-corrected chi connectivity index (χ3v) is 7.48. The van der Waals surface area contributed by atoms with Crippen LogP contribution in [0.15, 0.2) is 29.3 Å². The molecule has 0 aliphatic carbocycles. The first-order chi connectivity index (χ1) is 15.7. The lowest BCUT2D eigenvalue weighted by atomic mass is 9.96. The van der Waals surface area contributed by atoms with Crippen LogP contribution in [-0.2, 0) is 11.3 Å². The summed E-state index contributed by atoms with van der Waals surface area (Å²) in [7, 11) is 1.90. The summed E-state index contributed by atoms with van der Waals surface area (Å²) >= 11 is 0. The molecule has 0 saturated carbocycles. The van der Waals surface area contributed by atoms with E-state index < -0.39 is 0 Å². The fourth-order valence-corrected chi connectivity index (χ4v) is 5.28. The Morgan fingerprint density at radius 3 is 2.30 bits per heavy atom. The summed E-state index contributed by atoms with van der Waals surface area (Å²) in [6.45, 7) is 12.1. The van der Waals surface area contributed by atoms with Crippen molar-refractivity contribution < 1.29 is 4.74 Å². The van der Waals surface area contributed by atoms with Gasteiger partial charge in [0.25, 0.3) is 0 Å². The fraction of sp³-hybridized carbons (Fsp3) is 0.731. The summed E-state index contributed by atoms with van der Waals surface area (Å²) in [5.41, 5.74) is 2.77. The van der Waals surface area contributed by atoms with E-state index in [9.17, 15) is 0 Å². The first-order valence-electron chi connectivity index (χ1n) is 12.7. The van der Waals surface area contributed by atoms with Gasteiger partial charge in [0.15, 0.2) is 5.96 Å². The van der Waals surface area contributed by atoms with E-state index in [0.29, 0.717) is 6.04 Å². The second kappa shape index (κ2) is 13.9. The van der Waals surface area contributed by atoms with Gasteiger partial charge in [-0.1, -0.05) is 29.8 Å². The summed E-state index contributed by atoms with van der Waals surface area (Å²) in [4.78, 5) is 9.72. The van der Waals surface area contributed by atoms with E-state index in [1.807, 2.05) is 7.05 Å². The molecule has 2 N–H and O–H groups in total. The summed E-state index contributed by atoms with van der Waals surface area (Å²) in [5, 5.41) is 7.30. The van der Waals surface area contributed by atoms with Crippen LogP contribution in [0.1, 0.15) is 43.2 Å². The van der Waals surface area contributed by atoms with Gasteiger partial charge in [-0.3, -0.25) is 9.89 Å². The molecule has 0 amide bonds. The molecule has 1 unspecified atom stereocenters. The highest BCUT2D eigenvalue weighted by Gasteiger charge is 2.25. The van der Waals surface area contributed by atoms with Crippen molar-refractivity contribution in [2.45, 2.75) is 51.6 Å². The summed E-state index contributed by atoms with van der Waals surface area (Å²) < 4.78 is 5.53. The van der Waals surface area contributed by atoms with E-state index in [-0.39, 0.29) is 24.0 Å². The van der Waals surface area contributed by atoms with E-state index in [0.717, 1.165) is 44.1 Å². The number of aryl methyl sites for hydroxylation is 1. The molecular weight excluding hydrogens is 525 g/mol. The Morgan fingerprint density at radius 2 is 1.67 bits per heavy atom. The van der Waals surface area contributed by atoms with Crippen molar-refractivity contribution >= 4 is 29.9 Å². The summed E-state index contributed by atoms with van der Waals surface area (Å²) in [5.74, 6) is 2.46. The van der Waals surface area contributed by atoms with Crippen molar-refractivity contribution in [2.24, 2.45) is 16.8 Å². The van der Waals surface area contributed by atoms with Crippen molar-refractivity contribution in [1.82, 2.24) is 20.4 Å². The molecule has 186 valence electrons. The van der Waals surface area contributed by atoms with Gasteiger partial charge in [-0.2, -0.15) is 0 Å². The van der Waals surface area contributed by atoms with Crippen molar-refractivity contribution in [1.29, 1.82) is 0 Å². The van der Waals surface area contributed by atoms with Crippen molar-refractivity contribution in [3.63, 3.8) is 0 Å². The lowest BCUT2D eigenvalue weighted by Crippen LogP contribution is -2.50.